The van der Waals surface area contributed by atoms with Gasteiger partial charge < -0.3 is 14.2 Å². The van der Waals surface area contributed by atoms with E-state index in [4.69, 9.17) is 8.92 Å². The summed E-state index contributed by atoms with van der Waals surface area (Å²) in [6.07, 6.45) is 4.81. The Morgan fingerprint density at radius 3 is 2.31 bits per heavy atom. The number of methoxy groups -OCH3 is 1. The van der Waals surface area contributed by atoms with Crippen LogP contribution < -0.4 is 14.2 Å². The van der Waals surface area contributed by atoms with E-state index < -0.39 is 10.1 Å². The van der Waals surface area contributed by atoms with Gasteiger partial charge in [0.25, 0.3) is 0 Å². The largest absolute Gasteiger partial charge is 0.493 e. The summed E-state index contributed by atoms with van der Waals surface area (Å²) >= 11 is 0. The minimum atomic E-state index is -3.98. The molecule has 156 valence electrons. The molecule has 0 saturated heterocycles. The monoisotopic (exact) mass is 417 g/mol. The van der Waals surface area contributed by atoms with Crippen molar-refractivity contribution < 1.29 is 22.1 Å². The van der Waals surface area contributed by atoms with Gasteiger partial charge in [0.15, 0.2) is 11.5 Å². The van der Waals surface area contributed by atoms with Gasteiger partial charge in [0, 0.05) is 12.1 Å². The van der Waals surface area contributed by atoms with Crippen molar-refractivity contribution in [3.05, 3.63) is 59.7 Å². The zero-order chi connectivity index (χ0) is 21.4. The average Bonchev–Trinajstić information content (AvgIpc) is 2.71. The molecule has 1 N–H and O–H groups in total. The van der Waals surface area contributed by atoms with Crippen LogP contribution in [-0.4, -0.2) is 27.5 Å². The lowest BCUT2D eigenvalue weighted by molar-refractivity contribution is -0.117. The summed E-state index contributed by atoms with van der Waals surface area (Å²) in [5, 5.41) is 2.92. The first-order valence-corrected chi connectivity index (χ1v) is 10.9. The lowest BCUT2D eigenvalue weighted by atomic mass is 10.1. The fourth-order valence-corrected chi connectivity index (χ4v) is 3.58. The Morgan fingerprint density at radius 1 is 1.07 bits per heavy atom. The number of nitrogens with one attached hydrogen (secondary N) is 1. The van der Waals surface area contributed by atoms with Gasteiger partial charge in [-0.05, 0) is 55.7 Å². The average molecular weight is 418 g/mol. The van der Waals surface area contributed by atoms with E-state index in [0.717, 1.165) is 18.4 Å². The maximum Gasteiger partial charge on any atom is 0.339 e. The summed E-state index contributed by atoms with van der Waals surface area (Å²) in [6, 6.07) is 11.3. The van der Waals surface area contributed by atoms with E-state index in [0.29, 0.717) is 5.56 Å². The summed E-state index contributed by atoms with van der Waals surface area (Å²) < 4.78 is 35.5. The number of aryl methyl sites for hydroxylation is 1. The van der Waals surface area contributed by atoms with Crippen molar-refractivity contribution in [1.29, 1.82) is 0 Å². The third-order valence-corrected chi connectivity index (χ3v) is 5.70. The molecule has 2 rings (SSSR count). The van der Waals surface area contributed by atoms with Gasteiger partial charge in [-0.15, -0.1) is 0 Å². The predicted molar refractivity (Wildman–Crippen MR) is 114 cm³/mol. The third-order valence-electron chi connectivity index (χ3n) is 4.46. The van der Waals surface area contributed by atoms with E-state index in [9.17, 15) is 13.2 Å². The Labute approximate surface area is 172 Å². The molecule has 0 spiro atoms. The molecule has 6 nitrogen and oxygen atoms in total. The lowest BCUT2D eigenvalue weighted by Crippen LogP contribution is -2.32. The van der Waals surface area contributed by atoms with Gasteiger partial charge in [-0.3, -0.25) is 4.79 Å². The topological polar surface area (TPSA) is 81.7 Å². The molecular weight excluding hydrogens is 390 g/mol. The molecule has 0 aliphatic heterocycles. The van der Waals surface area contributed by atoms with Crippen molar-refractivity contribution in [2.45, 2.75) is 44.6 Å². The Morgan fingerprint density at radius 2 is 1.72 bits per heavy atom. The van der Waals surface area contributed by atoms with Crippen LogP contribution in [0.4, 0.5) is 0 Å². The lowest BCUT2D eigenvalue weighted by Gasteiger charge is -2.13. The van der Waals surface area contributed by atoms with Gasteiger partial charge in [-0.1, -0.05) is 37.6 Å². The maximum atomic E-state index is 12.5. The van der Waals surface area contributed by atoms with Gasteiger partial charge >= 0.3 is 10.1 Å². The molecule has 7 heteroatoms. The van der Waals surface area contributed by atoms with E-state index in [2.05, 4.69) is 5.32 Å². The summed E-state index contributed by atoms with van der Waals surface area (Å²) in [7, 11) is -2.56. The van der Waals surface area contributed by atoms with Gasteiger partial charge in [0.1, 0.15) is 4.90 Å². The number of benzene rings is 2. The second kappa shape index (κ2) is 10.1. The Balaban J connectivity index is 2.17. The SMILES string of the molecule is CCC(CC)NC(=O)/C=C/c1ccc(OS(=O)(=O)c2ccc(C)cc2)c(OC)c1. The zero-order valence-corrected chi connectivity index (χ0v) is 18.0. The minimum absolute atomic E-state index is 0.0622. The summed E-state index contributed by atoms with van der Waals surface area (Å²) in [5.74, 6) is 0.148. The minimum Gasteiger partial charge on any atom is -0.493 e. The van der Waals surface area contributed by atoms with Crippen molar-refractivity contribution >= 4 is 22.1 Å². The fraction of sp³-hybridized carbons (Fsp3) is 0.318. The molecule has 0 saturated carbocycles. The van der Waals surface area contributed by atoms with Crippen LogP contribution in [0.25, 0.3) is 6.08 Å². The summed E-state index contributed by atoms with van der Waals surface area (Å²) in [6.45, 7) is 5.91. The summed E-state index contributed by atoms with van der Waals surface area (Å²) in [5.41, 5.74) is 1.63. The Bertz CT molecular complexity index is 961. The molecule has 0 radical (unpaired) electrons. The molecule has 0 aliphatic rings. The van der Waals surface area contributed by atoms with Gasteiger partial charge in [-0.2, -0.15) is 8.42 Å². The second-order valence-corrected chi connectivity index (χ2v) is 8.16. The quantitative estimate of drug-likeness (QED) is 0.491. The molecule has 2 aromatic carbocycles. The molecule has 0 atom stereocenters. The Kier molecular flexibility index (Phi) is 7.84. The number of amides is 1. The molecule has 0 aliphatic carbocycles. The van der Waals surface area contributed by atoms with Crippen molar-refractivity contribution in [3.8, 4) is 11.5 Å². The molecule has 0 unspecified atom stereocenters. The first kappa shape index (κ1) is 22.5. The maximum absolute atomic E-state index is 12.5. The van der Waals surface area contributed by atoms with Crippen LogP contribution in [0.5, 0.6) is 11.5 Å². The van der Waals surface area contributed by atoms with E-state index >= 15 is 0 Å². The number of ether oxygens (including phenoxy) is 1. The second-order valence-electron chi connectivity index (χ2n) is 6.62. The van der Waals surface area contributed by atoms with Crippen LogP contribution in [0.15, 0.2) is 53.4 Å². The van der Waals surface area contributed by atoms with E-state index in [1.54, 1.807) is 30.3 Å². The molecule has 0 fully saturated rings. The standard InChI is InChI=1S/C22H27NO5S/c1-5-18(6-2)23-22(24)14-10-17-9-13-20(21(15-17)27-4)28-29(25,26)19-11-7-16(3)8-12-19/h7-15,18H,5-6H2,1-4H3,(H,23,24)/b14-10+. The fourth-order valence-electron chi connectivity index (χ4n) is 2.64. The van der Waals surface area contributed by atoms with Crippen LogP contribution >= 0.6 is 0 Å². The zero-order valence-electron chi connectivity index (χ0n) is 17.1. The first-order chi connectivity index (χ1) is 13.8. The van der Waals surface area contributed by atoms with Crippen LogP contribution in [0.2, 0.25) is 0 Å². The molecule has 0 aromatic heterocycles. The van der Waals surface area contributed by atoms with E-state index in [-0.39, 0.29) is 28.3 Å². The highest BCUT2D eigenvalue weighted by atomic mass is 32.2. The van der Waals surface area contributed by atoms with Crippen LogP contribution in [-0.2, 0) is 14.9 Å². The van der Waals surface area contributed by atoms with Gasteiger partial charge in [-0.25, -0.2) is 0 Å². The van der Waals surface area contributed by atoms with Crippen molar-refractivity contribution in [2.24, 2.45) is 0 Å². The van der Waals surface area contributed by atoms with E-state index in [1.165, 1.54) is 31.4 Å². The number of hydrogen-bond acceptors (Lipinski definition) is 5. The number of rotatable bonds is 9. The highest BCUT2D eigenvalue weighted by Gasteiger charge is 2.19. The molecule has 0 heterocycles. The molecule has 29 heavy (non-hydrogen) atoms. The van der Waals surface area contributed by atoms with Gasteiger partial charge in [0.2, 0.25) is 5.91 Å². The molecule has 0 bridgehead atoms. The van der Waals surface area contributed by atoms with Crippen LogP contribution in [0.3, 0.4) is 0 Å². The van der Waals surface area contributed by atoms with Gasteiger partial charge in [0.05, 0.1) is 7.11 Å². The highest BCUT2D eigenvalue weighted by molar-refractivity contribution is 7.87. The van der Waals surface area contributed by atoms with Crippen molar-refractivity contribution in [3.63, 3.8) is 0 Å². The van der Waals surface area contributed by atoms with Crippen LogP contribution in [0.1, 0.15) is 37.8 Å². The number of carbonyl (C=O) groups is 1. The van der Waals surface area contributed by atoms with Crippen molar-refractivity contribution in [2.75, 3.05) is 7.11 Å². The number of hydrogen-bond donors (Lipinski definition) is 1. The number of carbonyl (C=O) groups excluding carboxylic acids is 1. The molecule has 2 aromatic rings. The smallest absolute Gasteiger partial charge is 0.339 e. The Hall–Kier alpha value is -2.80. The third kappa shape index (κ3) is 6.35. The molecule has 1 amide bonds. The highest BCUT2D eigenvalue weighted by Crippen LogP contribution is 2.31. The van der Waals surface area contributed by atoms with E-state index in [1.807, 2.05) is 20.8 Å². The molecular formula is C22H27NO5S. The van der Waals surface area contributed by atoms with Crippen LogP contribution in [0, 0.1) is 6.92 Å². The summed E-state index contributed by atoms with van der Waals surface area (Å²) in [4.78, 5) is 12.1. The van der Waals surface area contributed by atoms with Crippen molar-refractivity contribution in [1.82, 2.24) is 5.32 Å². The first-order valence-electron chi connectivity index (χ1n) is 9.46. The normalized spacial score (nSPS) is 11.6. The predicted octanol–water partition coefficient (Wildman–Crippen LogP) is 4.09.